The highest BCUT2D eigenvalue weighted by Gasteiger charge is 2.23. The molecular weight excluding hydrogens is 424 g/mol. The van der Waals surface area contributed by atoms with E-state index in [1.807, 2.05) is 6.07 Å². The van der Waals surface area contributed by atoms with Crippen LogP contribution in [0.2, 0.25) is 0 Å². The molecule has 2 aromatic rings. The molecule has 4 rings (SSSR count). The summed E-state index contributed by atoms with van der Waals surface area (Å²) < 4.78 is 55.7. The molecule has 4 heteroatoms. The summed E-state index contributed by atoms with van der Waals surface area (Å²) >= 11 is 0. The molecule has 0 amide bonds. The Bertz CT molecular complexity index is 976. The molecule has 0 unspecified atom stereocenters. The first-order valence-corrected chi connectivity index (χ1v) is 12.6. The lowest BCUT2D eigenvalue weighted by atomic mass is 9.77. The first kappa shape index (κ1) is 24.0. The van der Waals surface area contributed by atoms with Crippen LogP contribution in [-0.2, 0) is 12.8 Å². The molecule has 0 aliphatic heterocycles. The summed E-state index contributed by atoms with van der Waals surface area (Å²) in [6.07, 6.45) is 16.4. The number of unbranched alkanes of at least 4 members (excludes halogenated alkanes) is 2. The van der Waals surface area contributed by atoms with E-state index >= 15 is 4.39 Å². The van der Waals surface area contributed by atoms with Crippen molar-refractivity contribution in [2.45, 2.75) is 84.0 Å². The maximum Gasteiger partial charge on any atom is 0.194 e. The Morgan fingerprint density at radius 3 is 2.15 bits per heavy atom. The van der Waals surface area contributed by atoms with Crippen LogP contribution >= 0.6 is 0 Å². The molecule has 0 bridgehead atoms. The fraction of sp³-hybridized carbons (Fsp3) is 0.517. The van der Waals surface area contributed by atoms with Gasteiger partial charge >= 0.3 is 0 Å². The summed E-state index contributed by atoms with van der Waals surface area (Å²) in [6.45, 7) is 2.26. The number of benzene rings is 2. The minimum Gasteiger partial charge on any atom is -0.206 e. The normalized spacial score (nSPS) is 20.5. The Kier molecular flexibility index (Phi) is 7.93. The second kappa shape index (κ2) is 10.9. The van der Waals surface area contributed by atoms with Crippen LogP contribution in [0.15, 0.2) is 35.9 Å². The first-order valence-electron chi connectivity index (χ1n) is 12.6. The quantitative estimate of drug-likeness (QED) is 0.160. The maximum atomic E-state index is 15.2. The van der Waals surface area contributed by atoms with Gasteiger partial charge in [0, 0.05) is 5.56 Å². The number of hydrogen-bond acceptors (Lipinski definition) is 0. The third-order valence-electron chi connectivity index (χ3n) is 7.70. The van der Waals surface area contributed by atoms with E-state index in [1.165, 1.54) is 63.4 Å². The molecule has 2 aromatic carbocycles. The smallest absolute Gasteiger partial charge is 0.194 e. The average Bonchev–Trinajstić information content (AvgIpc) is 2.82. The minimum atomic E-state index is -1.53. The Morgan fingerprint density at radius 1 is 0.818 bits per heavy atom. The zero-order chi connectivity index (χ0) is 23.4. The minimum absolute atomic E-state index is 0.0202. The van der Waals surface area contributed by atoms with Gasteiger partial charge in [-0.15, -0.1) is 0 Å². The SMILES string of the molecule is CCCCCC1CCC(CCC2=CCc3c(ccc(-c4cc(F)c(F)c(F)c4)c3F)C2)CC1. The van der Waals surface area contributed by atoms with Gasteiger partial charge < -0.3 is 0 Å². The molecule has 33 heavy (non-hydrogen) atoms. The predicted molar refractivity (Wildman–Crippen MR) is 126 cm³/mol. The third-order valence-corrected chi connectivity index (χ3v) is 7.70. The Labute approximate surface area is 195 Å². The summed E-state index contributed by atoms with van der Waals surface area (Å²) in [7, 11) is 0. The number of rotatable bonds is 8. The Hall–Kier alpha value is -2.10. The molecule has 0 atom stereocenters. The lowest BCUT2D eigenvalue weighted by Crippen LogP contribution is -2.15. The van der Waals surface area contributed by atoms with E-state index in [0.717, 1.165) is 42.4 Å². The van der Waals surface area contributed by atoms with Crippen LogP contribution < -0.4 is 0 Å². The van der Waals surface area contributed by atoms with E-state index < -0.39 is 23.3 Å². The van der Waals surface area contributed by atoms with Gasteiger partial charge in [-0.25, -0.2) is 17.6 Å². The van der Waals surface area contributed by atoms with E-state index in [0.29, 0.717) is 12.0 Å². The van der Waals surface area contributed by atoms with Crippen LogP contribution in [0.4, 0.5) is 17.6 Å². The van der Waals surface area contributed by atoms with Gasteiger partial charge in [0.1, 0.15) is 5.82 Å². The van der Waals surface area contributed by atoms with E-state index in [9.17, 15) is 13.2 Å². The van der Waals surface area contributed by atoms with Gasteiger partial charge in [-0.05, 0) is 66.3 Å². The monoisotopic (exact) mass is 458 g/mol. The lowest BCUT2D eigenvalue weighted by Gasteiger charge is -2.29. The van der Waals surface area contributed by atoms with Gasteiger partial charge in [-0.2, -0.15) is 0 Å². The summed E-state index contributed by atoms with van der Waals surface area (Å²) in [5.74, 6) is -2.88. The summed E-state index contributed by atoms with van der Waals surface area (Å²) in [4.78, 5) is 0. The number of hydrogen-bond donors (Lipinski definition) is 0. The summed E-state index contributed by atoms with van der Waals surface area (Å²) in [6, 6.07) is 5.11. The zero-order valence-electron chi connectivity index (χ0n) is 19.5. The van der Waals surface area contributed by atoms with E-state index in [-0.39, 0.29) is 11.1 Å². The largest absolute Gasteiger partial charge is 0.206 e. The molecule has 0 spiro atoms. The summed E-state index contributed by atoms with van der Waals surface area (Å²) in [5.41, 5.74) is 3.01. The topological polar surface area (TPSA) is 0 Å². The van der Waals surface area contributed by atoms with Crippen LogP contribution in [-0.4, -0.2) is 0 Å². The first-order chi connectivity index (χ1) is 16.0. The molecule has 1 fully saturated rings. The average molecular weight is 459 g/mol. The fourth-order valence-electron chi connectivity index (χ4n) is 5.62. The van der Waals surface area contributed by atoms with Crippen molar-refractivity contribution in [1.29, 1.82) is 0 Å². The predicted octanol–water partition coefficient (Wildman–Crippen LogP) is 9.10. The molecule has 0 N–H and O–H groups in total. The molecule has 0 heterocycles. The molecule has 0 nitrogen and oxygen atoms in total. The highest BCUT2D eigenvalue weighted by molar-refractivity contribution is 5.67. The highest BCUT2D eigenvalue weighted by atomic mass is 19.2. The van der Waals surface area contributed by atoms with Crippen molar-refractivity contribution in [1.82, 2.24) is 0 Å². The molecular formula is C29H34F4. The molecule has 0 aromatic heterocycles. The van der Waals surface area contributed by atoms with Crippen molar-refractivity contribution in [2.24, 2.45) is 11.8 Å². The van der Waals surface area contributed by atoms with Crippen molar-refractivity contribution in [3.8, 4) is 11.1 Å². The van der Waals surface area contributed by atoms with Crippen LogP contribution in [0, 0.1) is 35.1 Å². The number of allylic oxidation sites excluding steroid dienone is 2. The van der Waals surface area contributed by atoms with Gasteiger partial charge in [-0.1, -0.05) is 82.1 Å². The van der Waals surface area contributed by atoms with Crippen LogP contribution in [0.25, 0.3) is 11.1 Å². The highest BCUT2D eigenvalue weighted by Crippen LogP contribution is 2.37. The van der Waals surface area contributed by atoms with Crippen LogP contribution in [0.1, 0.15) is 82.3 Å². The van der Waals surface area contributed by atoms with Crippen molar-refractivity contribution in [3.63, 3.8) is 0 Å². The van der Waals surface area contributed by atoms with Gasteiger partial charge in [0.05, 0.1) is 0 Å². The van der Waals surface area contributed by atoms with Crippen molar-refractivity contribution < 1.29 is 17.6 Å². The van der Waals surface area contributed by atoms with Gasteiger partial charge in [-0.3, -0.25) is 0 Å². The molecule has 2 aliphatic rings. The van der Waals surface area contributed by atoms with E-state index in [1.54, 1.807) is 6.07 Å². The molecule has 178 valence electrons. The molecule has 0 saturated heterocycles. The van der Waals surface area contributed by atoms with Crippen molar-refractivity contribution in [2.75, 3.05) is 0 Å². The van der Waals surface area contributed by atoms with Gasteiger partial charge in [0.15, 0.2) is 17.5 Å². The second-order valence-corrected chi connectivity index (χ2v) is 9.98. The molecule has 2 aliphatic carbocycles. The third kappa shape index (κ3) is 5.70. The van der Waals surface area contributed by atoms with Crippen molar-refractivity contribution in [3.05, 3.63) is 70.3 Å². The Morgan fingerprint density at radius 2 is 1.48 bits per heavy atom. The molecule has 0 radical (unpaired) electrons. The summed E-state index contributed by atoms with van der Waals surface area (Å²) in [5, 5.41) is 0. The lowest BCUT2D eigenvalue weighted by molar-refractivity contribution is 0.249. The second-order valence-electron chi connectivity index (χ2n) is 9.98. The zero-order valence-corrected chi connectivity index (χ0v) is 19.5. The van der Waals surface area contributed by atoms with E-state index in [2.05, 4.69) is 13.0 Å². The standard InChI is InChI=1S/C29H34F4/c1-2-3-4-5-19-6-8-20(9-7-19)10-11-21-12-14-24-22(16-21)13-15-25(28(24)32)23-17-26(30)29(33)27(31)18-23/h12-13,15,17-20H,2-11,14,16H2,1H3. The van der Waals surface area contributed by atoms with Crippen LogP contribution in [0.5, 0.6) is 0 Å². The Balaban J connectivity index is 1.34. The van der Waals surface area contributed by atoms with Crippen molar-refractivity contribution >= 4 is 0 Å². The van der Waals surface area contributed by atoms with E-state index in [4.69, 9.17) is 0 Å². The van der Waals surface area contributed by atoms with Crippen LogP contribution in [0.3, 0.4) is 0 Å². The number of fused-ring (bicyclic) bond motifs is 1. The molecule has 1 saturated carbocycles. The fourth-order valence-corrected chi connectivity index (χ4v) is 5.62. The van der Waals surface area contributed by atoms with Gasteiger partial charge in [0.25, 0.3) is 0 Å². The van der Waals surface area contributed by atoms with Gasteiger partial charge in [0.2, 0.25) is 0 Å². The maximum absolute atomic E-state index is 15.2. The number of halogens is 4.